The quantitative estimate of drug-likeness (QED) is 0.577. The zero-order chi connectivity index (χ0) is 14.5. The lowest BCUT2D eigenvalue weighted by atomic mass is 9.85. The Labute approximate surface area is 112 Å². The maximum Gasteiger partial charge on any atom is 0.334 e. The number of hydrogen-bond acceptors (Lipinski definition) is 2. The normalized spacial score (nSPS) is 12.8. The maximum absolute atomic E-state index is 14.1. The van der Waals surface area contributed by atoms with Gasteiger partial charge in [-0.3, -0.25) is 0 Å². The molecule has 0 spiro atoms. The van der Waals surface area contributed by atoms with Crippen molar-refractivity contribution in [2.45, 2.75) is 32.1 Å². The van der Waals surface area contributed by atoms with Crippen molar-refractivity contribution in [2.24, 2.45) is 0 Å². The zero-order valence-corrected chi connectivity index (χ0v) is 11.2. The third-order valence-corrected chi connectivity index (χ3v) is 2.91. The number of carbonyl (C=O) groups is 1. The van der Waals surface area contributed by atoms with E-state index in [0.29, 0.717) is 5.56 Å². The molecule has 0 saturated heterocycles. The van der Waals surface area contributed by atoms with Gasteiger partial charge in [0, 0.05) is 12.0 Å². The van der Waals surface area contributed by atoms with Crippen molar-refractivity contribution in [3.63, 3.8) is 0 Å². The van der Waals surface area contributed by atoms with Crippen LogP contribution in [0.5, 0.6) is 0 Å². The van der Waals surface area contributed by atoms with Crippen LogP contribution in [-0.2, 0) is 9.53 Å². The molecular formula is C15H18F2O2. The second kappa shape index (κ2) is 6.45. The van der Waals surface area contributed by atoms with Crippen molar-refractivity contribution in [3.8, 4) is 0 Å². The Balaban J connectivity index is 3.14. The van der Waals surface area contributed by atoms with Gasteiger partial charge in [0.2, 0.25) is 0 Å². The van der Waals surface area contributed by atoms with Crippen LogP contribution in [0.4, 0.5) is 8.78 Å². The summed E-state index contributed by atoms with van der Waals surface area (Å²) in [6.07, 6.45) is -0.370. The molecule has 0 bridgehead atoms. The summed E-state index contributed by atoms with van der Waals surface area (Å²) in [5.41, 5.74) is 0.160. The molecule has 0 N–H and O–H groups in total. The van der Waals surface area contributed by atoms with Crippen molar-refractivity contribution in [1.29, 1.82) is 0 Å². The van der Waals surface area contributed by atoms with E-state index < -0.39 is 17.8 Å². The van der Waals surface area contributed by atoms with E-state index in [9.17, 15) is 13.6 Å². The van der Waals surface area contributed by atoms with Gasteiger partial charge in [0.15, 0.2) is 0 Å². The van der Waals surface area contributed by atoms with Gasteiger partial charge >= 0.3 is 5.97 Å². The number of halogens is 2. The standard InChI is InChI=1S/C15H18F2O2/c1-4-15(16,17)13(11(3)14(18)19-5-2)12-9-7-6-8-10-12/h6-10,13H,3-5H2,1-2H3/t13-/m0/s1. The fraction of sp³-hybridized carbons (Fsp3) is 0.400. The van der Waals surface area contributed by atoms with Gasteiger partial charge in [0.25, 0.3) is 5.92 Å². The molecule has 0 saturated carbocycles. The number of alkyl halides is 2. The van der Waals surface area contributed by atoms with Gasteiger partial charge in [-0.15, -0.1) is 0 Å². The Morgan fingerprint density at radius 1 is 1.32 bits per heavy atom. The highest BCUT2D eigenvalue weighted by atomic mass is 19.3. The predicted octanol–water partition coefficient (Wildman–Crippen LogP) is 3.93. The van der Waals surface area contributed by atoms with Crippen molar-refractivity contribution in [2.75, 3.05) is 6.61 Å². The van der Waals surface area contributed by atoms with E-state index in [2.05, 4.69) is 6.58 Å². The van der Waals surface area contributed by atoms with Gasteiger partial charge < -0.3 is 4.74 Å². The Bertz CT molecular complexity index is 441. The highest BCUT2D eigenvalue weighted by Gasteiger charge is 2.42. The fourth-order valence-electron chi connectivity index (χ4n) is 1.89. The molecule has 0 heterocycles. The molecule has 1 rings (SSSR count). The molecule has 4 heteroatoms. The number of rotatable bonds is 6. The lowest BCUT2D eigenvalue weighted by molar-refractivity contribution is -0.140. The van der Waals surface area contributed by atoms with Gasteiger partial charge in [0.05, 0.1) is 12.5 Å². The molecule has 0 aromatic heterocycles. The van der Waals surface area contributed by atoms with E-state index in [1.54, 1.807) is 37.3 Å². The summed E-state index contributed by atoms with van der Waals surface area (Å²) in [5.74, 6) is -5.16. The van der Waals surface area contributed by atoms with Gasteiger partial charge in [-0.2, -0.15) is 0 Å². The summed E-state index contributed by atoms with van der Waals surface area (Å²) in [4.78, 5) is 11.7. The van der Waals surface area contributed by atoms with Crippen molar-refractivity contribution >= 4 is 5.97 Å². The van der Waals surface area contributed by atoms with E-state index in [-0.39, 0.29) is 18.6 Å². The number of esters is 1. The van der Waals surface area contributed by atoms with Crippen LogP contribution in [0.15, 0.2) is 42.5 Å². The summed E-state index contributed by atoms with van der Waals surface area (Å²) in [6.45, 7) is 6.65. The largest absolute Gasteiger partial charge is 0.463 e. The number of hydrogen-bond donors (Lipinski definition) is 0. The molecule has 0 aliphatic carbocycles. The van der Waals surface area contributed by atoms with E-state index in [1.807, 2.05) is 0 Å². The van der Waals surface area contributed by atoms with E-state index in [4.69, 9.17) is 4.74 Å². The Kier molecular flexibility index (Phi) is 5.21. The molecule has 2 nitrogen and oxygen atoms in total. The van der Waals surface area contributed by atoms with Crippen LogP contribution in [0.2, 0.25) is 0 Å². The lowest BCUT2D eigenvalue weighted by Gasteiger charge is -2.27. The van der Waals surface area contributed by atoms with Crippen LogP contribution in [0.25, 0.3) is 0 Å². The molecule has 0 unspecified atom stereocenters. The zero-order valence-electron chi connectivity index (χ0n) is 11.2. The summed E-state index contributed by atoms with van der Waals surface area (Å²) >= 11 is 0. The van der Waals surface area contributed by atoms with Crippen LogP contribution in [0, 0.1) is 0 Å². The first kappa shape index (κ1) is 15.3. The first-order valence-corrected chi connectivity index (χ1v) is 6.22. The number of ether oxygens (including phenoxy) is 1. The fourth-order valence-corrected chi connectivity index (χ4v) is 1.89. The predicted molar refractivity (Wildman–Crippen MR) is 70.2 cm³/mol. The minimum absolute atomic E-state index is 0.136. The Hall–Kier alpha value is -1.71. The third kappa shape index (κ3) is 3.63. The minimum atomic E-state index is -3.04. The van der Waals surface area contributed by atoms with Gasteiger partial charge in [-0.25, -0.2) is 13.6 Å². The van der Waals surface area contributed by atoms with Crippen LogP contribution in [0.1, 0.15) is 31.7 Å². The molecular weight excluding hydrogens is 250 g/mol. The van der Waals surface area contributed by atoms with Gasteiger partial charge in [0.1, 0.15) is 0 Å². The van der Waals surface area contributed by atoms with Crippen LogP contribution in [-0.4, -0.2) is 18.5 Å². The molecule has 0 radical (unpaired) electrons. The molecule has 1 aromatic rings. The van der Waals surface area contributed by atoms with Crippen molar-refractivity contribution < 1.29 is 18.3 Å². The number of carbonyl (C=O) groups excluding carboxylic acids is 1. The Morgan fingerprint density at radius 3 is 2.37 bits per heavy atom. The number of benzene rings is 1. The average Bonchev–Trinajstić information content (AvgIpc) is 2.40. The average molecular weight is 268 g/mol. The van der Waals surface area contributed by atoms with Gasteiger partial charge in [-0.05, 0) is 12.5 Å². The monoisotopic (exact) mass is 268 g/mol. The second-order valence-electron chi connectivity index (χ2n) is 4.20. The third-order valence-electron chi connectivity index (χ3n) is 2.91. The maximum atomic E-state index is 14.1. The second-order valence-corrected chi connectivity index (χ2v) is 4.20. The smallest absolute Gasteiger partial charge is 0.334 e. The SMILES string of the molecule is C=C(C(=O)OCC)[C@@H](c1ccccc1)C(F)(F)CC. The summed E-state index contributed by atoms with van der Waals surface area (Å²) < 4.78 is 32.9. The summed E-state index contributed by atoms with van der Waals surface area (Å²) in [6, 6.07) is 8.19. The highest BCUT2D eigenvalue weighted by molar-refractivity contribution is 5.89. The summed E-state index contributed by atoms with van der Waals surface area (Å²) in [5, 5.41) is 0. The first-order chi connectivity index (χ1) is 8.94. The topological polar surface area (TPSA) is 26.3 Å². The minimum Gasteiger partial charge on any atom is -0.463 e. The van der Waals surface area contributed by atoms with E-state index in [0.717, 1.165) is 0 Å². The lowest BCUT2D eigenvalue weighted by Crippen LogP contribution is -2.30. The van der Waals surface area contributed by atoms with Crippen LogP contribution < -0.4 is 0 Å². The van der Waals surface area contributed by atoms with Crippen LogP contribution >= 0.6 is 0 Å². The molecule has 0 amide bonds. The van der Waals surface area contributed by atoms with E-state index in [1.165, 1.54) is 6.92 Å². The molecule has 1 aromatic carbocycles. The highest BCUT2D eigenvalue weighted by Crippen LogP contribution is 2.41. The van der Waals surface area contributed by atoms with Crippen molar-refractivity contribution in [3.05, 3.63) is 48.0 Å². The van der Waals surface area contributed by atoms with Crippen molar-refractivity contribution in [1.82, 2.24) is 0 Å². The van der Waals surface area contributed by atoms with Crippen LogP contribution in [0.3, 0.4) is 0 Å². The molecule has 0 fully saturated rings. The molecule has 19 heavy (non-hydrogen) atoms. The Morgan fingerprint density at radius 2 is 1.89 bits per heavy atom. The van der Waals surface area contributed by atoms with Gasteiger partial charge in [-0.1, -0.05) is 43.8 Å². The molecule has 1 atom stereocenters. The molecule has 0 aliphatic rings. The first-order valence-electron chi connectivity index (χ1n) is 6.22. The molecule has 0 aliphatic heterocycles. The van der Waals surface area contributed by atoms with E-state index >= 15 is 0 Å². The molecule has 104 valence electrons. The summed E-state index contributed by atoms with van der Waals surface area (Å²) in [7, 11) is 0.